The van der Waals surface area contributed by atoms with Crippen LogP contribution in [0.4, 0.5) is 4.39 Å². The quantitative estimate of drug-likeness (QED) is 0.772. The highest BCUT2D eigenvalue weighted by molar-refractivity contribution is 9.10. The van der Waals surface area contributed by atoms with Crippen LogP contribution in [0.25, 0.3) is 0 Å². The molecule has 2 rings (SSSR count). The summed E-state index contributed by atoms with van der Waals surface area (Å²) < 4.78 is 13.9. The van der Waals surface area contributed by atoms with Gasteiger partial charge in [-0.3, -0.25) is 9.69 Å². The predicted octanol–water partition coefficient (Wildman–Crippen LogP) is 3.90. The van der Waals surface area contributed by atoms with Crippen molar-refractivity contribution in [1.29, 1.82) is 0 Å². The fourth-order valence-electron chi connectivity index (χ4n) is 2.02. The van der Waals surface area contributed by atoms with Crippen molar-refractivity contribution in [3.8, 4) is 0 Å². The van der Waals surface area contributed by atoms with Crippen LogP contribution in [0.2, 0.25) is 0 Å². The van der Waals surface area contributed by atoms with Gasteiger partial charge in [-0.15, -0.1) is 0 Å². The molecular formula is C16H15BrFNO. The van der Waals surface area contributed by atoms with Crippen LogP contribution in [0.5, 0.6) is 0 Å². The second-order valence-corrected chi connectivity index (χ2v) is 5.56. The molecule has 0 heterocycles. The zero-order valence-corrected chi connectivity index (χ0v) is 12.7. The molecule has 0 aliphatic rings. The normalized spacial score (nSPS) is 10.8. The van der Waals surface area contributed by atoms with Crippen molar-refractivity contribution in [3.63, 3.8) is 0 Å². The average molecular weight is 336 g/mol. The van der Waals surface area contributed by atoms with Crippen molar-refractivity contribution < 1.29 is 9.18 Å². The van der Waals surface area contributed by atoms with Gasteiger partial charge in [-0.05, 0) is 30.8 Å². The molecule has 0 amide bonds. The third-order valence-electron chi connectivity index (χ3n) is 2.93. The molecule has 2 nitrogen and oxygen atoms in total. The highest BCUT2D eigenvalue weighted by Gasteiger charge is 2.12. The van der Waals surface area contributed by atoms with Gasteiger partial charge in [-0.1, -0.05) is 46.3 Å². The number of carbonyl (C=O) groups is 1. The average Bonchev–Trinajstić information content (AvgIpc) is 2.38. The van der Waals surface area contributed by atoms with Crippen LogP contribution in [0.15, 0.2) is 53.0 Å². The van der Waals surface area contributed by atoms with Gasteiger partial charge < -0.3 is 0 Å². The molecular weight excluding hydrogens is 321 g/mol. The minimum atomic E-state index is -0.256. The molecule has 0 N–H and O–H groups in total. The van der Waals surface area contributed by atoms with Crippen molar-refractivity contribution in [2.45, 2.75) is 6.54 Å². The van der Waals surface area contributed by atoms with Gasteiger partial charge >= 0.3 is 0 Å². The van der Waals surface area contributed by atoms with Crippen LogP contribution in [0.1, 0.15) is 15.9 Å². The topological polar surface area (TPSA) is 20.3 Å². The van der Waals surface area contributed by atoms with Gasteiger partial charge in [0.05, 0.1) is 6.54 Å². The second-order valence-electron chi connectivity index (χ2n) is 4.71. The Balaban J connectivity index is 2.00. The van der Waals surface area contributed by atoms with E-state index in [-0.39, 0.29) is 11.6 Å². The number of nitrogens with zero attached hydrogens (tertiary/aromatic N) is 1. The van der Waals surface area contributed by atoms with E-state index in [9.17, 15) is 9.18 Å². The molecule has 0 spiro atoms. The first-order chi connectivity index (χ1) is 9.56. The van der Waals surface area contributed by atoms with Gasteiger partial charge in [0, 0.05) is 16.6 Å². The lowest BCUT2D eigenvalue weighted by Gasteiger charge is -2.16. The molecule has 4 heteroatoms. The van der Waals surface area contributed by atoms with E-state index in [1.165, 1.54) is 12.1 Å². The third kappa shape index (κ3) is 3.99. The molecule has 0 unspecified atom stereocenters. The molecule has 0 fully saturated rings. The number of Topliss-reactive ketones (excluding diaryl/α,β-unsaturated/α-hetero) is 1. The van der Waals surface area contributed by atoms with E-state index >= 15 is 0 Å². The van der Waals surface area contributed by atoms with Crippen LogP contribution in [0, 0.1) is 5.82 Å². The molecule has 2 aromatic carbocycles. The molecule has 20 heavy (non-hydrogen) atoms. The van der Waals surface area contributed by atoms with Gasteiger partial charge in [0.1, 0.15) is 5.82 Å². The molecule has 0 aliphatic heterocycles. The Bertz CT molecular complexity index is 615. The monoisotopic (exact) mass is 335 g/mol. The van der Waals surface area contributed by atoms with E-state index in [1.807, 2.05) is 36.2 Å². The van der Waals surface area contributed by atoms with Crippen molar-refractivity contribution in [2.24, 2.45) is 0 Å². The molecule has 0 saturated carbocycles. The first-order valence-electron chi connectivity index (χ1n) is 6.27. The van der Waals surface area contributed by atoms with Gasteiger partial charge in [-0.2, -0.15) is 0 Å². The van der Waals surface area contributed by atoms with Crippen LogP contribution in [-0.4, -0.2) is 24.3 Å². The Labute approximate surface area is 126 Å². The predicted molar refractivity (Wildman–Crippen MR) is 81.2 cm³/mol. The zero-order valence-electron chi connectivity index (χ0n) is 11.1. The maximum Gasteiger partial charge on any atom is 0.177 e. The Morgan fingerprint density at radius 2 is 1.95 bits per heavy atom. The lowest BCUT2D eigenvalue weighted by molar-refractivity contribution is 0.0942. The van der Waals surface area contributed by atoms with E-state index in [4.69, 9.17) is 0 Å². The maximum atomic E-state index is 13.1. The standard InChI is InChI=1S/C16H15BrFNO/c1-19(10-12-5-4-6-13(18)9-12)11-16(20)14-7-2-3-8-15(14)17/h2-9H,10-11H2,1H3. The molecule has 0 saturated heterocycles. The second kappa shape index (κ2) is 6.77. The number of halogens is 2. The van der Waals surface area contributed by atoms with E-state index in [1.54, 1.807) is 12.1 Å². The number of hydrogen-bond donors (Lipinski definition) is 0. The van der Waals surface area contributed by atoms with Crippen molar-refractivity contribution >= 4 is 21.7 Å². The van der Waals surface area contributed by atoms with E-state index in [0.29, 0.717) is 18.7 Å². The van der Waals surface area contributed by atoms with E-state index in [0.717, 1.165) is 10.0 Å². The molecule has 0 bridgehead atoms. The Morgan fingerprint density at radius 3 is 2.65 bits per heavy atom. The summed E-state index contributed by atoms with van der Waals surface area (Å²) in [4.78, 5) is 14.1. The third-order valence-corrected chi connectivity index (χ3v) is 3.62. The zero-order chi connectivity index (χ0) is 14.5. The summed E-state index contributed by atoms with van der Waals surface area (Å²) in [7, 11) is 1.85. The Morgan fingerprint density at radius 1 is 1.20 bits per heavy atom. The maximum absolute atomic E-state index is 13.1. The fourth-order valence-corrected chi connectivity index (χ4v) is 2.53. The number of likely N-dealkylation sites (N-methyl/N-ethyl adjacent to an activating group) is 1. The van der Waals surface area contributed by atoms with Crippen molar-refractivity contribution in [1.82, 2.24) is 4.90 Å². The summed E-state index contributed by atoms with van der Waals surface area (Å²) in [5, 5.41) is 0. The lowest BCUT2D eigenvalue weighted by Crippen LogP contribution is -2.25. The highest BCUT2D eigenvalue weighted by atomic mass is 79.9. The smallest absolute Gasteiger partial charge is 0.177 e. The van der Waals surface area contributed by atoms with Gasteiger partial charge in [0.2, 0.25) is 0 Å². The summed E-state index contributed by atoms with van der Waals surface area (Å²) in [6.45, 7) is 0.826. The molecule has 0 radical (unpaired) electrons. The summed E-state index contributed by atoms with van der Waals surface area (Å²) in [5.74, 6) is -0.218. The SMILES string of the molecule is CN(CC(=O)c1ccccc1Br)Cc1cccc(F)c1. The largest absolute Gasteiger partial charge is 0.295 e. The number of carbonyl (C=O) groups excluding carboxylic acids is 1. The molecule has 104 valence electrons. The molecule has 0 atom stereocenters. The first kappa shape index (κ1) is 14.9. The van der Waals surface area contributed by atoms with Gasteiger partial charge in [0.25, 0.3) is 0 Å². The van der Waals surface area contributed by atoms with Crippen LogP contribution >= 0.6 is 15.9 Å². The number of hydrogen-bond acceptors (Lipinski definition) is 2. The number of rotatable bonds is 5. The Hall–Kier alpha value is -1.52. The first-order valence-corrected chi connectivity index (χ1v) is 7.06. The van der Waals surface area contributed by atoms with E-state index < -0.39 is 0 Å². The minimum Gasteiger partial charge on any atom is -0.295 e. The lowest BCUT2D eigenvalue weighted by atomic mass is 10.1. The highest BCUT2D eigenvalue weighted by Crippen LogP contribution is 2.17. The van der Waals surface area contributed by atoms with Crippen LogP contribution in [-0.2, 0) is 6.54 Å². The summed E-state index contributed by atoms with van der Waals surface area (Å²) in [6.07, 6.45) is 0. The van der Waals surface area contributed by atoms with E-state index in [2.05, 4.69) is 15.9 Å². The van der Waals surface area contributed by atoms with Gasteiger partial charge in [-0.25, -0.2) is 4.39 Å². The number of benzene rings is 2. The molecule has 2 aromatic rings. The van der Waals surface area contributed by atoms with Crippen LogP contribution in [0.3, 0.4) is 0 Å². The Kier molecular flexibility index (Phi) is 5.04. The number of ketones is 1. The van der Waals surface area contributed by atoms with Gasteiger partial charge in [0.15, 0.2) is 5.78 Å². The summed E-state index contributed by atoms with van der Waals surface area (Å²) in [5.41, 5.74) is 1.52. The summed E-state index contributed by atoms with van der Waals surface area (Å²) >= 11 is 3.37. The minimum absolute atomic E-state index is 0.0383. The van der Waals surface area contributed by atoms with Crippen molar-refractivity contribution in [3.05, 3.63) is 69.9 Å². The fraction of sp³-hybridized carbons (Fsp3) is 0.188. The molecule has 0 aliphatic carbocycles. The van der Waals surface area contributed by atoms with Crippen LogP contribution < -0.4 is 0 Å². The molecule has 0 aromatic heterocycles. The summed E-state index contributed by atoms with van der Waals surface area (Å²) in [6, 6.07) is 13.8. The van der Waals surface area contributed by atoms with Crippen molar-refractivity contribution in [2.75, 3.05) is 13.6 Å².